The first-order chi connectivity index (χ1) is 8.30. The molecule has 0 aliphatic heterocycles. The minimum absolute atomic E-state index is 0.160. The summed E-state index contributed by atoms with van der Waals surface area (Å²) in [7, 11) is 4.14. The van der Waals surface area contributed by atoms with Gasteiger partial charge >= 0.3 is 0 Å². The Morgan fingerprint density at radius 3 is 2.50 bits per heavy atom. The number of nitrogens with zero attached hydrogens (tertiary/aromatic N) is 3. The van der Waals surface area contributed by atoms with Gasteiger partial charge in [-0.2, -0.15) is 0 Å². The van der Waals surface area contributed by atoms with Crippen molar-refractivity contribution in [3.05, 3.63) is 18.1 Å². The Morgan fingerprint density at radius 2 is 2.06 bits per heavy atom. The molecule has 0 aliphatic carbocycles. The summed E-state index contributed by atoms with van der Waals surface area (Å²) in [6, 6.07) is 0. The Kier molecular flexibility index (Phi) is 4.98. The third-order valence-corrected chi connectivity index (χ3v) is 2.61. The van der Waals surface area contributed by atoms with Crippen molar-refractivity contribution in [2.75, 3.05) is 32.5 Å². The Morgan fingerprint density at radius 1 is 1.39 bits per heavy atom. The molecule has 100 valence electrons. The van der Waals surface area contributed by atoms with E-state index in [2.05, 4.69) is 48.1 Å². The van der Waals surface area contributed by atoms with Crippen molar-refractivity contribution >= 4 is 23.0 Å². The van der Waals surface area contributed by atoms with E-state index in [0.717, 1.165) is 18.9 Å². The van der Waals surface area contributed by atoms with Crippen LogP contribution in [0, 0.1) is 5.41 Å². The SMILES string of the molecule is CN(C)CC(C)(C)CNc1cnc(C(N)=S)cn1. The number of thiocarbonyl (C=S) groups is 1. The molecule has 1 heterocycles. The molecule has 1 aromatic rings. The smallest absolute Gasteiger partial charge is 0.144 e. The fraction of sp³-hybridized carbons (Fsp3) is 0.583. The van der Waals surface area contributed by atoms with Gasteiger partial charge in [-0.15, -0.1) is 0 Å². The molecule has 0 unspecified atom stereocenters. The highest BCUT2D eigenvalue weighted by Gasteiger charge is 2.18. The van der Waals surface area contributed by atoms with Crippen molar-refractivity contribution in [3.8, 4) is 0 Å². The average Bonchev–Trinajstić information content (AvgIpc) is 2.25. The normalized spacial score (nSPS) is 11.6. The molecule has 0 aliphatic rings. The number of anilines is 1. The van der Waals surface area contributed by atoms with Gasteiger partial charge in [0.05, 0.1) is 12.4 Å². The monoisotopic (exact) mass is 267 g/mol. The lowest BCUT2D eigenvalue weighted by Gasteiger charge is -2.28. The number of nitrogens with one attached hydrogen (secondary N) is 1. The van der Waals surface area contributed by atoms with Gasteiger partial charge in [-0.1, -0.05) is 26.1 Å². The van der Waals surface area contributed by atoms with E-state index in [1.807, 2.05) is 0 Å². The zero-order chi connectivity index (χ0) is 13.8. The fourth-order valence-electron chi connectivity index (χ4n) is 1.79. The number of rotatable bonds is 6. The first kappa shape index (κ1) is 14.8. The number of nitrogens with two attached hydrogens (primary N) is 1. The lowest BCUT2D eigenvalue weighted by Crippen LogP contribution is -2.34. The average molecular weight is 267 g/mol. The van der Waals surface area contributed by atoms with Gasteiger partial charge in [-0.25, -0.2) is 9.97 Å². The van der Waals surface area contributed by atoms with Crippen LogP contribution in [0.25, 0.3) is 0 Å². The van der Waals surface area contributed by atoms with Crippen LogP contribution in [0.1, 0.15) is 19.5 Å². The zero-order valence-corrected chi connectivity index (χ0v) is 12.2. The molecule has 0 spiro atoms. The van der Waals surface area contributed by atoms with Crippen LogP contribution in [0.3, 0.4) is 0 Å². The van der Waals surface area contributed by atoms with Gasteiger partial charge in [0.15, 0.2) is 0 Å². The summed E-state index contributed by atoms with van der Waals surface area (Å²) in [6.45, 7) is 6.23. The molecule has 3 N–H and O–H groups in total. The molecule has 0 bridgehead atoms. The third kappa shape index (κ3) is 4.93. The van der Waals surface area contributed by atoms with Crippen molar-refractivity contribution in [1.82, 2.24) is 14.9 Å². The second kappa shape index (κ2) is 6.06. The molecule has 0 saturated heterocycles. The maximum Gasteiger partial charge on any atom is 0.144 e. The van der Waals surface area contributed by atoms with Crippen LogP contribution in [-0.2, 0) is 0 Å². The summed E-state index contributed by atoms with van der Waals surface area (Å²) >= 11 is 4.83. The van der Waals surface area contributed by atoms with Crippen LogP contribution in [-0.4, -0.2) is 47.0 Å². The lowest BCUT2D eigenvalue weighted by molar-refractivity contribution is 0.254. The van der Waals surface area contributed by atoms with E-state index in [0.29, 0.717) is 5.69 Å². The van der Waals surface area contributed by atoms with Crippen LogP contribution < -0.4 is 11.1 Å². The Hall–Kier alpha value is -1.27. The highest BCUT2D eigenvalue weighted by Crippen LogP contribution is 2.16. The first-order valence-corrected chi connectivity index (χ1v) is 6.21. The zero-order valence-electron chi connectivity index (χ0n) is 11.4. The van der Waals surface area contributed by atoms with Gasteiger partial charge in [0.2, 0.25) is 0 Å². The van der Waals surface area contributed by atoms with Crippen molar-refractivity contribution < 1.29 is 0 Å². The highest BCUT2D eigenvalue weighted by atomic mass is 32.1. The second-order valence-electron chi connectivity index (χ2n) is 5.41. The van der Waals surface area contributed by atoms with Crippen LogP contribution in [0.2, 0.25) is 0 Å². The van der Waals surface area contributed by atoms with Crippen molar-refractivity contribution in [3.63, 3.8) is 0 Å². The molecule has 0 atom stereocenters. The molecule has 0 amide bonds. The van der Waals surface area contributed by atoms with E-state index in [-0.39, 0.29) is 10.4 Å². The molecule has 18 heavy (non-hydrogen) atoms. The van der Waals surface area contributed by atoms with E-state index in [1.165, 1.54) is 0 Å². The summed E-state index contributed by atoms with van der Waals surface area (Å²) in [4.78, 5) is 10.8. The standard InChI is InChI=1S/C12H21N5S/c1-12(2,8-17(3)4)7-16-10-6-14-9(5-15-10)11(13)18/h5-6H,7-8H2,1-4H3,(H2,13,18)(H,15,16). The summed E-state index contributed by atoms with van der Waals surface area (Å²) in [5.41, 5.74) is 6.17. The van der Waals surface area contributed by atoms with Gasteiger partial charge in [0.1, 0.15) is 16.5 Å². The highest BCUT2D eigenvalue weighted by molar-refractivity contribution is 7.80. The molecule has 6 heteroatoms. The fourth-order valence-corrected chi connectivity index (χ4v) is 1.89. The molecular weight excluding hydrogens is 246 g/mol. The van der Waals surface area contributed by atoms with E-state index < -0.39 is 0 Å². The summed E-state index contributed by atoms with van der Waals surface area (Å²) < 4.78 is 0. The predicted octanol–water partition coefficient (Wildman–Crippen LogP) is 1.11. The summed E-state index contributed by atoms with van der Waals surface area (Å²) in [6.07, 6.45) is 3.24. The summed E-state index contributed by atoms with van der Waals surface area (Å²) in [5, 5.41) is 3.27. The lowest BCUT2D eigenvalue weighted by atomic mass is 9.93. The minimum Gasteiger partial charge on any atom is -0.388 e. The first-order valence-electron chi connectivity index (χ1n) is 5.81. The van der Waals surface area contributed by atoms with Crippen LogP contribution in [0.15, 0.2) is 12.4 Å². The quantitative estimate of drug-likeness (QED) is 0.753. The Labute approximate surface area is 114 Å². The summed E-state index contributed by atoms with van der Waals surface area (Å²) in [5.74, 6) is 0.738. The minimum atomic E-state index is 0.160. The molecule has 1 aromatic heterocycles. The maximum absolute atomic E-state index is 5.46. The number of hydrogen-bond acceptors (Lipinski definition) is 5. The van der Waals surface area contributed by atoms with Crippen LogP contribution >= 0.6 is 12.2 Å². The largest absolute Gasteiger partial charge is 0.388 e. The molecule has 1 rings (SSSR count). The van der Waals surface area contributed by atoms with Gasteiger partial charge in [-0.3, -0.25) is 0 Å². The van der Waals surface area contributed by atoms with E-state index in [1.54, 1.807) is 12.4 Å². The number of aromatic nitrogens is 2. The number of hydrogen-bond donors (Lipinski definition) is 2. The Bertz CT molecular complexity index is 399. The third-order valence-electron chi connectivity index (χ3n) is 2.40. The molecule has 0 fully saturated rings. The van der Waals surface area contributed by atoms with E-state index in [4.69, 9.17) is 18.0 Å². The second-order valence-corrected chi connectivity index (χ2v) is 5.85. The van der Waals surface area contributed by atoms with Gasteiger partial charge < -0.3 is 16.0 Å². The van der Waals surface area contributed by atoms with Gasteiger partial charge in [0.25, 0.3) is 0 Å². The van der Waals surface area contributed by atoms with Crippen molar-refractivity contribution in [1.29, 1.82) is 0 Å². The maximum atomic E-state index is 5.46. The van der Waals surface area contributed by atoms with Crippen molar-refractivity contribution in [2.24, 2.45) is 11.1 Å². The van der Waals surface area contributed by atoms with Gasteiger partial charge in [-0.05, 0) is 19.5 Å². The molecule has 0 aromatic carbocycles. The topological polar surface area (TPSA) is 67.1 Å². The molecule has 0 saturated carbocycles. The molecule has 5 nitrogen and oxygen atoms in total. The molecule has 0 radical (unpaired) electrons. The van der Waals surface area contributed by atoms with Crippen LogP contribution in [0.5, 0.6) is 0 Å². The van der Waals surface area contributed by atoms with Gasteiger partial charge in [0, 0.05) is 13.1 Å². The van der Waals surface area contributed by atoms with Crippen molar-refractivity contribution in [2.45, 2.75) is 13.8 Å². The van der Waals surface area contributed by atoms with E-state index in [9.17, 15) is 0 Å². The van der Waals surface area contributed by atoms with Crippen LogP contribution in [0.4, 0.5) is 5.82 Å². The van der Waals surface area contributed by atoms with E-state index >= 15 is 0 Å². The molecular formula is C12H21N5S. The Balaban J connectivity index is 2.55. The predicted molar refractivity (Wildman–Crippen MR) is 78.7 cm³/mol.